The van der Waals surface area contributed by atoms with Crippen molar-refractivity contribution in [2.45, 2.75) is 38.5 Å². The molecule has 0 amide bonds. The number of ether oxygens (including phenoxy) is 1. The Labute approximate surface area is 114 Å². The molecular weight excluding hydrogens is 240 g/mol. The molecule has 1 fully saturated rings. The summed E-state index contributed by atoms with van der Waals surface area (Å²) in [6.45, 7) is 1.84. The number of rotatable bonds is 4. The lowest BCUT2D eigenvalue weighted by Gasteiger charge is -2.34. The van der Waals surface area contributed by atoms with Gasteiger partial charge in [-0.1, -0.05) is 31.9 Å². The third-order valence-corrected chi connectivity index (χ3v) is 4.40. The molecule has 3 heteroatoms. The topological polar surface area (TPSA) is 46.5 Å². The second kappa shape index (κ2) is 6.09. The van der Waals surface area contributed by atoms with Crippen LogP contribution in [0.25, 0.3) is 0 Å². The summed E-state index contributed by atoms with van der Waals surface area (Å²) in [6.07, 6.45) is 4.45. The van der Waals surface area contributed by atoms with Gasteiger partial charge in [0.1, 0.15) is 5.75 Å². The molecule has 3 atom stereocenters. The van der Waals surface area contributed by atoms with Crippen LogP contribution in [0.3, 0.4) is 0 Å². The lowest BCUT2D eigenvalue weighted by atomic mass is 9.70. The van der Waals surface area contributed by atoms with Crippen LogP contribution < -0.4 is 4.74 Å². The first-order valence-electron chi connectivity index (χ1n) is 7.00. The van der Waals surface area contributed by atoms with E-state index in [-0.39, 0.29) is 11.8 Å². The van der Waals surface area contributed by atoms with E-state index in [1.54, 1.807) is 7.11 Å². The molecule has 1 N–H and O–H groups in total. The molecule has 104 valence electrons. The summed E-state index contributed by atoms with van der Waals surface area (Å²) in [5.41, 5.74) is 1.25. The molecule has 19 heavy (non-hydrogen) atoms. The first-order valence-corrected chi connectivity index (χ1v) is 7.00. The minimum Gasteiger partial charge on any atom is -0.497 e. The lowest BCUT2D eigenvalue weighted by Crippen LogP contribution is -2.28. The molecule has 0 radical (unpaired) electrons. The Morgan fingerprint density at radius 1 is 1.26 bits per heavy atom. The van der Waals surface area contributed by atoms with Crippen molar-refractivity contribution in [3.63, 3.8) is 0 Å². The highest BCUT2D eigenvalue weighted by Gasteiger charge is 2.33. The van der Waals surface area contributed by atoms with Crippen molar-refractivity contribution >= 4 is 5.97 Å². The summed E-state index contributed by atoms with van der Waals surface area (Å²) < 4.78 is 5.17. The number of methoxy groups -OCH3 is 1. The summed E-state index contributed by atoms with van der Waals surface area (Å²) >= 11 is 0. The van der Waals surface area contributed by atoms with Gasteiger partial charge in [-0.2, -0.15) is 0 Å². The van der Waals surface area contributed by atoms with Crippen molar-refractivity contribution in [3.8, 4) is 5.75 Å². The van der Waals surface area contributed by atoms with Crippen LogP contribution in [0.1, 0.15) is 44.1 Å². The smallest absolute Gasteiger partial charge is 0.306 e. The Bertz CT molecular complexity index is 424. The van der Waals surface area contributed by atoms with Gasteiger partial charge < -0.3 is 9.84 Å². The van der Waals surface area contributed by atoms with E-state index >= 15 is 0 Å². The predicted octanol–water partition coefficient (Wildman–Crippen LogP) is 3.69. The van der Waals surface area contributed by atoms with Crippen LogP contribution in [0.4, 0.5) is 0 Å². The highest BCUT2D eigenvalue weighted by molar-refractivity contribution is 5.70. The van der Waals surface area contributed by atoms with Gasteiger partial charge in [0.05, 0.1) is 13.0 Å². The van der Waals surface area contributed by atoms with E-state index in [0.29, 0.717) is 5.92 Å². The number of carbonyl (C=O) groups is 1. The van der Waals surface area contributed by atoms with Gasteiger partial charge >= 0.3 is 5.97 Å². The summed E-state index contributed by atoms with van der Waals surface area (Å²) in [4.78, 5) is 11.3. The maximum absolute atomic E-state index is 11.3. The maximum Gasteiger partial charge on any atom is 0.306 e. The van der Waals surface area contributed by atoms with Crippen LogP contribution in [0.2, 0.25) is 0 Å². The first kappa shape index (κ1) is 13.9. The molecule has 0 aromatic heterocycles. The quantitative estimate of drug-likeness (QED) is 0.900. The van der Waals surface area contributed by atoms with E-state index in [1.807, 2.05) is 19.1 Å². The summed E-state index contributed by atoms with van der Waals surface area (Å²) in [5, 5.41) is 9.26. The lowest BCUT2D eigenvalue weighted by molar-refractivity contribution is -0.143. The average Bonchev–Trinajstić information content (AvgIpc) is 2.46. The zero-order valence-corrected chi connectivity index (χ0v) is 11.6. The molecule has 0 heterocycles. The van der Waals surface area contributed by atoms with Crippen molar-refractivity contribution in [1.82, 2.24) is 0 Å². The molecule has 0 bridgehead atoms. The molecule has 1 aromatic rings. The Kier molecular flexibility index (Phi) is 4.46. The second-order valence-corrected chi connectivity index (χ2v) is 5.45. The zero-order valence-electron chi connectivity index (χ0n) is 11.6. The van der Waals surface area contributed by atoms with Crippen molar-refractivity contribution < 1.29 is 14.6 Å². The summed E-state index contributed by atoms with van der Waals surface area (Å²) in [7, 11) is 1.66. The summed E-state index contributed by atoms with van der Waals surface area (Å²) in [5.74, 6) is 0.519. The molecule has 0 aliphatic heterocycles. The van der Waals surface area contributed by atoms with Gasteiger partial charge in [-0.15, -0.1) is 0 Å². The van der Waals surface area contributed by atoms with Crippen LogP contribution in [-0.4, -0.2) is 18.2 Å². The summed E-state index contributed by atoms with van der Waals surface area (Å²) in [6, 6.07) is 8.09. The molecule has 1 saturated carbocycles. The highest BCUT2D eigenvalue weighted by atomic mass is 16.5. The van der Waals surface area contributed by atoms with Crippen LogP contribution in [0, 0.1) is 11.8 Å². The first-order chi connectivity index (χ1) is 9.13. The van der Waals surface area contributed by atoms with Crippen molar-refractivity contribution in [3.05, 3.63) is 29.8 Å². The van der Waals surface area contributed by atoms with Crippen LogP contribution >= 0.6 is 0 Å². The molecule has 0 saturated heterocycles. The highest BCUT2D eigenvalue weighted by Crippen LogP contribution is 2.42. The molecule has 3 unspecified atom stereocenters. The van der Waals surface area contributed by atoms with Gasteiger partial charge in [-0.3, -0.25) is 4.79 Å². The van der Waals surface area contributed by atoms with Gasteiger partial charge in [0.2, 0.25) is 0 Å². The van der Waals surface area contributed by atoms with Gasteiger partial charge in [0.15, 0.2) is 0 Å². The number of aliphatic carboxylic acids is 1. The van der Waals surface area contributed by atoms with E-state index < -0.39 is 5.97 Å². The number of hydrogen-bond donors (Lipinski definition) is 1. The molecule has 3 nitrogen and oxygen atoms in total. The third-order valence-electron chi connectivity index (χ3n) is 4.40. The number of hydrogen-bond acceptors (Lipinski definition) is 2. The van der Waals surface area contributed by atoms with Gasteiger partial charge in [-0.25, -0.2) is 0 Å². The standard InChI is InChI=1S/C16H22O3/c1-11(16(17)18)14-5-3-4-6-15(14)12-7-9-13(19-2)10-8-12/h7-11,14-15H,3-6H2,1-2H3,(H,17,18). The zero-order chi connectivity index (χ0) is 13.8. The number of carboxylic acid groups (broad SMARTS) is 1. The molecular formula is C16H22O3. The monoisotopic (exact) mass is 262 g/mol. The predicted molar refractivity (Wildman–Crippen MR) is 74.5 cm³/mol. The Balaban J connectivity index is 2.20. The molecule has 1 aliphatic rings. The Hall–Kier alpha value is -1.51. The van der Waals surface area contributed by atoms with Gasteiger partial charge in [0.25, 0.3) is 0 Å². The normalized spacial score (nSPS) is 24.7. The van der Waals surface area contributed by atoms with Crippen molar-refractivity contribution in [2.24, 2.45) is 11.8 Å². The molecule has 1 aliphatic carbocycles. The number of carboxylic acids is 1. The largest absolute Gasteiger partial charge is 0.497 e. The minimum absolute atomic E-state index is 0.250. The van der Waals surface area contributed by atoms with Crippen molar-refractivity contribution in [1.29, 1.82) is 0 Å². The fourth-order valence-electron chi connectivity index (χ4n) is 3.21. The van der Waals surface area contributed by atoms with Crippen LogP contribution in [-0.2, 0) is 4.79 Å². The second-order valence-electron chi connectivity index (χ2n) is 5.45. The Morgan fingerprint density at radius 2 is 1.89 bits per heavy atom. The van der Waals surface area contributed by atoms with E-state index in [2.05, 4.69) is 12.1 Å². The van der Waals surface area contributed by atoms with E-state index in [0.717, 1.165) is 25.0 Å². The number of benzene rings is 1. The fraction of sp³-hybridized carbons (Fsp3) is 0.562. The molecule has 1 aromatic carbocycles. The maximum atomic E-state index is 11.3. The SMILES string of the molecule is COc1ccc(C2CCCCC2C(C)C(=O)O)cc1. The average molecular weight is 262 g/mol. The van der Waals surface area contributed by atoms with Gasteiger partial charge in [-0.05, 0) is 42.4 Å². The van der Waals surface area contributed by atoms with E-state index in [9.17, 15) is 9.90 Å². The van der Waals surface area contributed by atoms with E-state index in [1.165, 1.54) is 12.0 Å². The van der Waals surface area contributed by atoms with Crippen molar-refractivity contribution in [2.75, 3.05) is 7.11 Å². The van der Waals surface area contributed by atoms with E-state index in [4.69, 9.17) is 4.74 Å². The minimum atomic E-state index is -0.676. The van der Waals surface area contributed by atoms with Gasteiger partial charge in [0, 0.05) is 0 Å². The Morgan fingerprint density at radius 3 is 2.47 bits per heavy atom. The molecule has 0 spiro atoms. The fourth-order valence-corrected chi connectivity index (χ4v) is 3.21. The third kappa shape index (κ3) is 3.09. The van der Waals surface area contributed by atoms with Crippen LogP contribution in [0.5, 0.6) is 5.75 Å². The molecule has 2 rings (SSSR count). The van der Waals surface area contributed by atoms with Crippen LogP contribution in [0.15, 0.2) is 24.3 Å².